The van der Waals surface area contributed by atoms with Crippen molar-refractivity contribution >= 4 is 11.6 Å². The quantitative estimate of drug-likeness (QED) is 0.929. The Hall–Kier alpha value is -2.57. The fourth-order valence-corrected chi connectivity index (χ4v) is 2.98. The van der Waals surface area contributed by atoms with Crippen LogP contribution in [-0.2, 0) is 4.79 Å². The third-order valence-corrected chi connectivity index (χ3v) is 4.23. The molecule has 0 spiro atoms. The number of hydrogen-bond donors (Lipinski definition) is 1. The van der Waals surface area contributed by atoms with Crippen LogP contribution in [-0.4, -0.2) is 53.8 Å². The number of piperazine rings is 1. The molecule has 0 saturated carbocycles. The Morgan fingerprint density at radius 1 is 1.25 bits per heavy atom. The van der Waals surface area contributed by atoms with Crippen LogP contribution in [0.15, 0.2) is 24.3 Å². The lowest BCUT2D eigenvalue weighted by Gasteiger charge is -2.36. The van der Waals surface area contributed by atoms with Crippen molar-refractivity contribution in [2.24, 2.45) is 0 Å². The van der Waals surface area contributed by atoms with Crippen molar-refractivity contribution in [2.75, 3.05) is 37.7 Å². The smallest absolute Gasteiger partial charge is 0.260 e. The lowest BCUT2D eigenvalue weighted by Crippen LogP contribution is -2.50. The van der Waals surface area contributed by atoms with Crippen LogP contribution in [0, 0.1) is 19.7 Å². The molecule has 0 bridgehead atoms. The first-order chi connectivity index (χ1) is 11.6. The summed E-state index contributed by atoms with van der Waals surface area (Å²) >= 11 is 0. The highest BCUT2D eigenvalue weighted by Gasteiger charge is 2.24. The topological polar surface area (TPSA) is 61.5 Å². The van der Waals surface area contributed by atoms with Gasteiger partial charge < -0.3 is 14.5 Å². The van der Waals surface area contributed by atoms with Crippen molar-refractivity contribution < 1.29 is 13.9 Å². The van der Waals surface area contributed by atoms with Crippen LogP contribution < -0.4 is 9.64 Å². The first-order valence-electron chi connectivity index (χ1n) is 7.98. The number of nitrogens with one attached hydrogen (secondary N) is 1. The van der Waals surface area contributed by atoms with Crippen LogP contribution in [0.4, 0.5) is 10.1 Å². The van der Waals surface area contributed by atoms with E-state index in [-0.39, 0.29) is 18.3 Å². The Bertz CT molecular complexity index is 704. The predicted molar refractivity (Wildman–Crippen MR) is 88.7 cm³/mol. The summed E-state index contributed by atoms with van der Waals surface area (Å²) in [6.45, 7) is 6.53. The number of anilines is 1. The molecule has 1 amide bonds. The number of halogens is 1. The van der Waals surface area contributed by atoms with Gasteiger partial charge in [0.1, 0.15) is 0 Å². The Balaban J connectivity index is 1.53. The summed E-state index contributed by atoms with van der Waals surface area (Å²) < 4.78 is 18.8. The number of rotatable bonds is 4. The van der Waals surface area contributed by atoms with Gasteiger partial charge in [-0.25, -0.2) is 4.39 Å². The zero-order valence-corrected chi connectivity index (χ0v) is 13.9. The Morgan fingerprint density at radius 3 is 2.58 bits per heavy atom. The Morgan fingerprint density at radius 2 is 1.96 bits per heavy atom. The van der Waals surface area contributed by atoms with Crippen LogP contribution in [0.1, 0.15) is 11.4 Å². The lowest BCUT2D eigenvalue weighted by atomic mass is 10.2. The van der Waals surface area contributed by atoms with E-state index in [1.807, 2.05) is 13.8 Å². The molecule has 7 heteroatoms. The SMILES string of the molecule is Cc1n[nH]c(C)c1N1CCN(C(=O)COc2ccccc2F)CC1. The molecule has 0 radical (unpaired) electrons. The number of amides is 1. The standard InChI is InChI=1S/C17H21FN4O2/c1-12-17(13(2)20-19-12)22-9-7-21(8-10-22)16(23)11-24-15-6-4-3-5-14(15)18/h3-6H,7-11H2,1-2H3,(H,19,20). The van der Waals surface area contributed by atoms with Crippen molar-refractivity contribution in [1.29, 1.82) is 0 Å². The fourth-order valence-electron chi connectivity index (χ4n) is 2.98. The molecule has 0 aliphatic carbocycles. The largest absolute Gasteiger partial charge is 0.481 e. The van der Waals surface area contributed by atoms with Crippen LogP contribution in [0.25, 0.3) is 0 Å². The van der Waals surface area contributed by atoms with Crippen LogP contribution >= 0.6 is 0 Å². The third-order valence-electron chi connectivity index (χ3n) is 4.23. The van der Waals surface area contributed by atoms with Gasteiger partial charge in [0.2, 0.25) is 0 Å². The number of aromatic nitrogens is 2. The van der Waals surface area contributed by atoms with E-state index in [1.165, 1.54) is 12.1 Å². The van der Waals surface area contributed by atoms with Gasteiger partial charge in [0.15, 0.2) is 18.2 Å². The van der Waals surface area contributed by atoms with Crippen molar-refractivity contribution in [3.8, 4) is 5.75 Å². The van der Waals surface area contributed by atoms with Gasteiger partial charge in [0.05, 0.1) is 17.1 Å². The molecule has 6 nitrogen and oxygen atoms in total. The second-order valence-electron chi connectivity index (χ2n) is 5.87. The normalized spacial score (nSPS) is 14.8. The molecule has 1 aromatic heterocycles. The number of aryl methyl sites for hydroxylation is 2. The number of carbonyl (C=O) groups excluding carboxylic acids is 1. The fraction of sp³-hybridized carbons (Fsp3) is 0.412. The van der Waals surface area contributed by atoms with Gasteiger partial charge in [-0.3, -0.25) is 9.89 Å². The maximum Gasteiger partial charge on any atom is 0.260 e. The van der Waals surface area contributed by atoms with E-state index in [9.17, 15) is 9.18 Å². The van der Waals surface area contributed by atoms with E-state index >= 15 is 0 Å². The van der Waals surface area contributed by atoms with E-state index in [0.29, 0.717) is 13.1 Å². The molecule has 1 aliphatic rings. The molecule has 0 atom stereocenters. The van der Waals surface area contributed by atoms with E-state index < -0.39 is 5.82 Å². The van der Waals surface area contributed by atoms with E-state index in [2.05, 4.69) is 15.1 Å². The summed E-state index contributed by atoms with van der Waals surface area (Å²) in [4.78, 5) is 16.2. The summed E-state index contributed by atoms with van der Waals surface area (Å²) in [7, 11) is 0. The van der Waals surface area contributed by atoms with Crippen LogP contribution in [0.2, 0.25) is 0 Å². The number of para-hydroxylation sites is 1. The number of nitrogens with zero attached hydrogens (tertiary/aromatic N) is 3. The molecule has 1 fully saturated rings. The summed E-state index contributed by atoms with van der Waals surface area (Å²) in [5.41, 5.74) is 3.12. The Kier molecular flexibility index (Phi) is 4.69. The van der Waals surface area contributed by atoms with Gasteiger partial charge in [0.25, 0.3) is 5.91 Å². The average Bonchev–Trinajstić information content (AvgIpc) is 2.93. The number of carbonyl (C=O) groups is 1. The molecule has 2 heterocycles. The molecule has 1 saturated heterocycles. The van der Waals surface area contributed by atoms with E-state index in [4.69, 9.17) is 4.74 Å². The van der Waals surface area contributed by atoms with Gasteiger partial charge in [-0.1, -0.05) is 12.1 Å². The van der Waals surface area contributed by atoms with Gasteiger partial charge >= 0.3 is 0 Å². The van der Waals surface area contributed by atoms with Gasteiger partial charge in [0, 0.05) is 26.2 Å². The van der Waals surface area contributed by atoms with Gasteiger partial charge in [-0.2, -0.15) is 5.10 Å². The number of aromatic amines is 1. The Labute approximate surface area is 140 Å². The number of benzene rings is 1. The first kappa shape index (κ1) is 16.3. The summed E-state index contributed by atoms with van der Waals surface area (Å²) in [5, 5.41) is 7.20. The first-order valence-corrected chi connectivity index (χ1v) is 7.98. The second kappa shape index (κ2) is 6.90. The zero-order chi connectivity index (χ0) is 17.1. The number of H-pyrrole nitrogens is 1. The van der Waals surface area contributed by atoms with Crippen LogP contribution in [0.3, 0.4) is 0 Å². The molecule has 3 rings (SSSR count). The van der Waals surface area contributed by atoms with Gasteiger partial charge in [-0.05, 0) is 26.0 Å². The molecule has 128 valence electrons. The molecule has 0 unspecified atom stereocenters. The molecular formula is C17H21FN4O2. The minimum Gasteiger partial charge on any atom is -0.481 e. The summed E-state index contributed by atoms with van der Waals surface area (Å²) in [6, 6.07) is 6.10. The lowest BCUT2D eigenvalue weighted by molar-refractivity contribution is -0.133. The maximum atomic E-state index is 13.5. The molecule has 1 N–H and O–H groups in total. The molecule has 1 aliphatic heterocycles. The second-order valence-corrected chi connectivity index (χ2v) is 5.87. The average molecular weight is 332 g/mol. The van der Waals surface area contributed by atoms with Crippen molar-refractivity contribution in [3.05, 3.63) is 41.5 Å². The van der Waals surface area contributed by atoms with Crippen molar-refractivity contribution in [2.45, 2.75) is 13.8 Å². The van der Waals surface area contributed by atoms with Gasteiger partial charge in [-0.15, -0.1) is 0 Å². The summed E-state index contributed by atoms with van der Waals surface area (Å²) in [6.07, 6.45) is 0. The summed E-state index contributed by atoms with van der Waals surface area (Å²) in [5.74, 6) is -0.478. The van der Waals surface area contributed by atoms with Crippen molar-refractivity contribution in [3.63, 3.8) is 0 Å². The zero-order valence-electron chi connectivity index (χ0n) is 13.9. The highest BCUT2D eigenvalue weighted by Crippen LogP contribution is 2.23. The maximum absolute atomic E-state index is 13.5. The highest BCUT2D eigenvalue weighted by molar-refractivity contribution is 5.78. The molecule has 2 aromatic rings. The van der Waals surface area contributed by atoms with E-state index in [1.54, 1.807) is 17.0 Å². The third kappa shape index (κ3) is 3.34. The number of hydrogen-bond acceptors (Lipinski definition) is 4. The molecule has 1 aromatic carbocycles. The molecular weight excluding hydrogens is 311 g/mol. The predicted octanol–water partition coefficient (Wildman–Crippen LogP) is 1.89. The van der Waals surface area contributed by atoms with E-state index in [0.717, 1.165) is 30.2 Å². The minimum atomic E-state index is -0.457. The minimum absolute atomic E-state index is 0.106. The highest BCUT2D eigenvalue weighted by atomic mass is 19.1. The van der Waals surface area contributed by atoms with Crippen molar-refractivity contribution in [1.82, 2.24) is 15.1 Å². The number of ether oxygens (including phenoxy) is 1. The molecule has 24 heavy (non-hydrogen) atoms. The van der Waals surface area contributed by atoms with Crippen LogP contribution in [0.5, 0.6) is 5.75 Å². The monoisotopic (exact) mass is 332 g/mol.